The summed E-state index contributed by atoms with van der Waals surface area (Å²) in [7, 11) is -3.22. The molecular weight excluding hydrogens is 294 g/mol. The molecule has 2 rings (SSSR count). The smallest absolute Gasteiger partial charge is 0.277 e. The minimum absolute atomic E-state index is 0.225. The molecule has 0 saturated heterocycles. The van der Waals surface area contributed by atoms with Crippen LogP contribution in [0.25, 0.3) is 0 Å². The van der Waals surface area contributed by atoms with Crippen LogP contribution in [0.5, 0.6) is 0 Å². The van der Waals surface area contributed by atoms with Crippen molar-refractivity contribution in [2.75, 3.05) is 6.26 Å². The first-order chi connectivity index (χ1) is 8.36. The largest absolute Gasteiger partial charge is 0.364 e. The van der Waals surface area contributed by atoms with Crippen LogP contribution in [0.15, 0.2) is 15.8 Å². The van der Waals surface area contributed by atoms with Gasteiger partial charge in [0.1, 0.15) is 4.21 Å². The second kappa shape index (κ2) is 4.75. The third-order valence-electron chi connectivity index (χ3n) is 1.99. The molecule has 1 amide bonds. The zero-order chi connectivity index (χ0) is 13.3. The van der Waals surface area contributed by atoms with E-state index in [2.05, 4.69) is 9.97 Å². The Labute approximate surface area is 111 Å². The van der Waals surface area contributed by atoms with Crippen LogP contribution in [-0.2, 0) is 16.3 Å². The van der Waals surface area contributed by atoms with Crippen LogP contribution in [0.2, 0.25) is 0 Å². The highest BCUT2D eigenvalue weighted by atomic mass is 32.2. The lowest BCUT2D eigenvalue weighted by Gasteiger charge is -1.90. The van der Waals surface area contributed by atoms with Crippen molar-refractivity contribution in [1.29, 1.82) is 0 Å². The summed E-state index contributed by atoms with van der Waals surface area (Å²) >= 11 is 2.26. The van der Waals surface area contributed by atoms with Crippen LogP contribution in [0, 0.1) is 0 Å². The van der Waals surface area contributed by atoms with Crippen LogP contribution in [-0.4, -0.2) is 30.5 Å². The van der Waals surface area contributed by atoms with E-state index in [1.807, 2.05) is 0 Å². The summed E-state index contributed by atoms with van der Waals surface area (Å²) < 4.78 is 22.8. The highest BCUT2D eigenvalue weighted by Gasteiger charge is 2.14. The molecule has 0 fully saturated rings. The number of rotatable bonds is 4. The third kappa shape index (κ3) is 2.92. The first-order valence-corrected chi connectivity index (χ1v) is 8.34. The number of hydrogen-bond acceptors (Lipinski definition) is 7. The topological polar surface area (TPSA) is 103 Å². The van der Waals surface area contributed by atoms with Gasteiger partial charge >= 0.3 is 0 Å². The van der Waals surface area contributed by atoms with E-state index >= 15 is 0 Å². The molecule has 0 aliphatic rings. The number of nitrogens with two attached hydrogens (primary N) is 1. The monoisotopic (exact) mass is 303 g/mol. The summed E-state index contributed by atoms with van der Waals surface area (Å²) in [6.45, 7) is 0. The molecule has 0 bridgehead atoms. The number of sulfone groups is 1. The van der Waals surface area contributed by atoms with Crippen molar-refractivity contribution in [3.8, 4) is 0 Å². The van der Waals surface area contributed by atoms with Gasteiger partial charge in [0, 0.05) is 18.1 Å². The lowest BCUT2D eigenvalue weighted by Crippen LogP contribution is -2.10. The Morgan fingerprint density at radius 1 is 1.50 bits per heavy atom. The van der Waals surface area contributed by atoms with Gasteiger partial charge in [-0.15, -0.1) is 22.7 Å². The van der Waals surface area contributed by atoms with Gasteiger partial charge in [0.25, 0.3) is 5.91 Å². The van der Waals surface area contributed by atoms with Gasteiger partial charge in [-0.2, -0.15) is 0 Å². The van der Waals surface area contributed by atoms with Crippen LogP contribution in [0.3, 0.4) is 0 Å². The number of hydrogen-bond donors (Lipinski definition) is 1. The third-order valence-corrected chi connectivity index (χ3v) is 5.68. The summed E-state index contributed by atoms with van der Waals surface area (Å²) in [6.07, 6.45) is 2.86. The Kier molecular flexibility index (Phi) is 3.46. The fraction of sp³-hybridized carbons (Fsp3) is 0.222. The van der Waals surface area contributed by atoms with Crippen LogP contribution in [0.1, 0.15) is 20.5 Å². The van der Waals surface area contributed by atoms with E-state index in [1.54, 1.807) is 5.38 Å². The maximum atomic E-state index is 11.3. The van der Waals surface area contributed by atoms with E-state index in [1.165, 1.54) is 6.20 Å². The number of carbonyl (C=O) groups is 1. The van der Waals surface area contributed by atoms with Gasteiger partial charge in [-0.3, -0.25) is 4.79 Å². The quantitative estimate of drug-likeness (QED) is 0.895. The Balaban J connectivity index is 2.19. The molecule has 96 valence electrons. The zero-order valence-electron chi connectivity index (χ0n) is 9.28. The van der Waals surface area contributed by atoms with Gasteiger partial charge in [0.2, 0.25) is 0 Å². The number of nitrogens with zero attached hydrogens (tertiary/aromatic N) is 2. The fourth-order valence-electron chi connectivity index (χ4n) is 1.20. The first kappa shape index (κ1) is 13.1. The molecule has 6 nitrogen and oxygen atoms in total. The molecule has 2 aromatic heterocycles. The molecule has 0 aliphatic carbocycles. The predicted octanol–water partition coefficient (Wildman–Crippen LogP) is 0.693. The van der Waals surface area contributed by atoms with E-state index in [0.29, 0.717) is 17.1 Å². The van der Waals surface area contributed by atoms with Crippen molar-refractivity contribution in [1.82, 2.24) is 9.97 Å². The van der Waals surface area contributed by atoms with E-state index < -0.39 is 15.7 Å². The SMILES string of the molecule is CS(=O)(=O)c1cnc(Cc2csc(C(N)=O)n2)s1. The molecule has 0 spiro atoms. The summed E-state index contributed by atoms with van der Waals surface area (Å²) in [4.78, 5) is 18.9. The number of carbonyl (C=O) groups excluding carboxylic acids is 1. The highest BCUT2D eigenvalue weighted by molar-refractivity contribution is 7.92. The molecule has 0 unspecified atom stereocenters. The molecule has 0 saturated carbocycles. The van der Waals surface area contributed by atoms with Crippen molar-refractivity contribution in [3.05, 3.63) is 27.3 Å². The van der Waals surface area contributed by atoms with Gasteiger partial charge in [0.05, 0.1) is 16.9 Å². The molecule has 0 radical (unpaired) electrons. The average Bonchev–Trinajstić information content (AvgIpc) is 2.85. The van der Waals surface area contributed by atoms with Gasteiger partial charge in [-0.1, -0.05) is 0 Å². The van der Waals surface area contributed by atoms with Crippen molar-refractivity contribution in [2.24, 2.45) is 5.73 Å². The maximum absolute atomic E-state index is 11.3. The van der Waals surface area contributed by atoms with E-state index in [4.69, 9.17) is 5.73 Å². The summed E-state index contributed by atoms with van der Waals surface area (Å²) in [5, 5.41) is 2.59. The Morgan fingerprint density at radius 2 is 2.22 bits per heavy atom. The summed E-state index contributed by atoms with van der Waals surface area (Å²) in [5.74, 6) is -0.567. The minimum atomic E-state index is -3.22. The fourth-order valence-corrected chi connectivity index (χ4v) is 3.67. The van der Waals surface area contributed by atoms with Gasteiger partial charge in [-0.25, -0.2) is 18.4 Å². The second-order valence-corrected chi connectivity index (χ2v) is 7.75. The Hall–Kier alpha value is -1.32. The van der Waals surface area contributed by atoms with Crippen molar-refractivity contribution >= 4 is 38.4 Å². The molecule has 2 heterocycles. The summed E-state index contributed by atoms with van der Waals surface area (Å²) in [6, 6.07) is 0. The summed E-state index contributed by atoms with van der Waals surface area (Å²) in [5.41, 5.74) is 5.75. The van der Waals surface area contributed by atoms with Crippen LogP contribution < -0.4 is 5.73 Å². The molecule has 2 aromatic rings. The highest BCUT2D eigenvalue weighted by Crippen LogP contribution is 2.21. The predicted molar refractivity (Wildman–Crippen MR) is 68.7 cm³/mol. The van der Waals surface area contributed by atoms with Gasteiger partial charge < -0.3 is 5.73 Å². The number of thiazole rings is 2. The Morgan fingerprint density at radius 3 is 2.72 bits per heavy atom. The van der Waals surface area contributed by atoms with Crippen LogP contribution >= 0.6 is 22.7 Å². The maximum Gasteiger partial charge on any atom is 0.277 e. The van der Waals surface area contributed by atoms with Crippen LogP contribution in [0.4, 0.5) is 0 Å². The number of aromatic nitrogens is 2. The van der Waals surface area contributed by atoms with E-state index in [9.17, 15) is 13.2 Å². The molecule has 0 aromatic carbocycles. The molecular formula is C9H9N3O3S3. The van der Waals surface area contributed by atoms with E-state index in [-0.39, 0.29) is 9.22 Å². The lowest BCUT2D eigenvalue weighted by atomic mass is 10.3. The molecule has 0 atom stereocenters. The van der Waals surface area contributed by atoms with Crippen molar-refractivity contribution < 1.29 is 13.2 Å². The van der Waals surface area contributed by atoms with Crippen molar-refractivity contribution in [3.63, 3.8) is 0 Å². The lowest BCUT2D eigenvalue weighted by molar-refractivity contribution is 0.0999. The normalized spacial score (nSPS) is 11.6. The standard InChI is InChI=1S/C9H9N3O3S3/c1-18(14,15)7-3-11-6(17-7)2-5-4-16-9(12-5)8(10)13/h3-4H,2H2,1H3,(H2,10,13). The Bertz CT molecular complexity index is 687. The zero-order valence-corrected chi connectivity index (χ0v) is 11.7. The molecule has 2 N–H and O–H groups in total. The number of primary amides is 1. The van der Waals surface area contributed by atoms with Gasteiger partial charge in [-0.05, 0) is 0 Å². The van der Waals surface area contributed by atoms with Crippen molar-refractivity contribution in [2.45, 2.75) is 10.6 Å². The number of amides is 1. The first-order valence-electron chi connectivity index (χ1n) is 4.75. The molecule has 0 aliphatic heterocycles. The van der Waals surface area contributed by atoms with E-state index in [0.717, 1.165) is 28.9 Å². The molecule has 9 heteroatoms. The second-order valence-electron chi connectivity index (χ2n) is 3.53. The average molecular weight is 303 g/mol. The molecule has 18 heavy (non-hydrogen) atoms. The van der Waals surface area contributed by atoms with Gasteiger partial charge in [0.15, 0.2) is 14.8 Å². The minimum Gasteiger partial charge on any atom is -0.364 e.